The van der Waals surface area contributed by atoms with Crippen LogP contribution in [0.25, 0.3) is 11.3 Å². The van der Waals surface area contributed by atoms with Gasteiger partial charge >= 0.3 is 0 Å². The molecule has 0 aliphatic heterocycles. The van der Waals surface area contributed by atoms with Gasteiger partial charge in [0.2, 0.25) is 0 Å². The number of benzene rings is 1. The number of amides is 1. The third-order valence-electron chi connectivity index (χ3n) is 2.98. The van der Waals surface area contributed by atoms with Gasteiger partial charge in [-0.1, -0.05) is 24.3 Å². The summed E-state index contributed by atoms with van der Waals surface area (Å²) < 4.78 is 0. The van der Waals surface area contributed by atoms with Crippen LogP contribution in [0, 0.1) is 0 Å². The first-order chi connectivity index (χ1) is 9.83. The van der Waals surface area contributed by atoms with Crippen LogP contribution in [0.5, 0.6) is 0 Å². The number of nitrogens with one attached hydrogen (secondary N) is 3. The fraction of sp³-hybridized carbons (Fsp3) is 0.0714. The minimum absolute atomic E-state index is 0.142. The number of hydrogen-bond acceptors (Lipinski definition) is 3. The Morgan fingerprint density at radius 1 is 1.15 bits per heavy atom. The summed E-state index contributed by atoms with van der Waals surface area (Å²) in [6.45, 7) is 0.479. The van der Waals surface area contributed by atoms with Crippen LogP contribution in [0.15, 0.2) is 48.9 Å². The van der Waals surface area contributed by atoms with Gasteiger partial charge in [0.15, 0.2) is 0 Å². The maximum Gasteiger partial charge on any atom is 0.254 e. The van der Waals surface area contributed by atoms with E-state index in [1.807, 2.05) is 30.3 Å². The number of rotatable bonds is 4. The highest BCUT2D eigenvalue weighted by Gasteiger charge is 2.06. The molecule has 0 aliphatic rings. The quantitative estimate of drug-likeness (QED) is 0.672. The van der Waals surface area contributed by atoms with Gasteiger partial charge in [-0.25, -0.2) is 0 Å². The van der Waals surface area contributed by atoms with Gasteiger partial charge in [0, 0.05) is 18.9 Å². The smallest absolute Gasteiger partial charge is 0.254 e. The number of aromatic amines is 2. The van der Waals surface area contributed by atoms with Crippen LogP contribution in [0.3, 0.4) is 0 Å². The molecule has 6 nitrogen and oxygen atoms in total. The van der Waals surface area contributed by atoms with Crippen LogP contribution in [0.1, 0.15) is 15.9 Å². The molecule has 0 aliphatic carbocycles. The van der Waals surface area contributed by atoms with E-state index >= 15 is 0 Å². The zero-order valence-electron chi connectivity index (χ0n) is 10.6. The summed E-state index contributed by atoms with van der Waals surface area (Å²) in [5, 5.41) is 16.0. The third kappa shape index (κ3) is 2.59. The van der Waals surface area contributed by atoms with Crippen molar-refractivity contribution in [3.63, 3.8) is 0 Å². The topological polar surface area (TPSA) is 86.5 Å². The molecule has 1 aromatic carbocycles. The van der Waals surface area contributed by atoms with Crippen LogP contribution in [-0.4, -0.2) is 26.3 Å². The standard InChI is InChI=1S/C14H13N5O/c20-14(12-8-17-18-9-12)15-7-10-1-3-11(4-2-10)13-5-6-16-19-13/h1-6,8-9H,7H2,(H,15,20)(H,16,19)(H,17,18). The molecule has 0 atom stereocenters. The fourth-order valence-electron chi connectivity index (χ4n) is 1.88. The third-order valence-corrected chi connectivity index (χ3v) is 2.98. The average molecular weight is 267 g/mol. The number of carbonyl (C=O) groups excluding carboxylic acids is 1. The summed E-state index contributed by atoms with van der Waals surface area (Å²) in [7, 11) is 0. The summed E-state index contributed by atoms with van der Waals surface area (Å²) in [4.78, 5) is 11.7. The van der Waals surface area contributed by atoms with Gasteiger partial charge in [-0.2, -0.15) is 10.2 Å². The number of nitrogens with zero attached hydrogens (tertiary/aromatic N) is 2. The second-order valence-electron chi connectivity index (χ2n) is 4.34. The minimum atomic E-state index is -0.142. The van der Waals surface area contributed by atoms with Crippen molar-refractivity contribution in [1.82, 2.24) is 25.7 Å². The maximum atomic E-state index is 11.7. The average Bonchev–Trinajstić information content (AvgIpc) is 3.18. The zero-order valence-corrected chi connectivity index (χ0v) is 10.6. The molecule has 20 heavy (non-hydrogen) atoms. The van der Waals surface area contributed by atoms with E-state index in [4.69, 9.17) is 0 Å². The van der Waals surface area contributed by atoms with E-state index in [0.29, 0.717) is 12.1 Å². The molecule has 2 aromatic heterocycles. The molecule has 1 amide bonds. The lowest BCUT2D eigenvalue weighted by Crippen LogP contribution is -2.22. The molecule has 0 spiro atoms. The molecule has 0 saturated heterocycles. The van der Waals surface area contributed by atoms with Crippen molar-refractivity contribution in [2.24, 2.45) is 0 Å². The molecule has 0 radical (unpaired) electrons. The van der Waals surface area contributed by atoms with Crippen molar-refractivity contribution < 1.29 is 4.79 Å². The van der Waals surface area contributed by atoms with Gasteiger partial charge in [0.1, 0.15) is 0 Å². The van der Waals surface area contributed by atoms with Gasteiger partial charge in [-0.15, -0.1) is 0 Å². The largest absolute Gasteiger partial charge is 0.348 e. The fourth-order valence-corrected chi connectivity index (χ4v) is 1.88. The lowest BCUT2D eigenvalue weighted by Gasteiger charge is -2.05. The van der Waals surface area contributed by atoms with Crippen molar-refractivity contribution in [3.05, 3.63) is 60.0 Å². The predicted molar refractivity (Wildman–Crippen MR) is 73.8 cm³/mol. The van der Waals surface area contributed by atoms with Crippen LogP contribution in [0.2, 0.25) is 0 Å². The summed E-state index contributed by atoms with van der Waals surface area (Å²) in [6.07, 6.45) is 4.78. The molecule has 0 fully saturated rings. The van der Waals surface area contributed by atoms with Gasteiger partial charge in [0.05, 0.1) is 17.5 Å². The number of H-pyrrole nitrogens is 2. The molecule has 0 bridgehead atoms. The van der Waals surface area contributed by atoms with Crippen molar-refractivity contribution >= 4 is 5.91 Å². The highest BCUT2D eigenvalue weighted by molar-refractivity contribution is 5.93. The summed E-state index contributed by atoms with van der Waals surface area (Å²) in [6, 6.07) is 9.85. The highest BCUT2D eigenvalue weighted by Crippen LogP contribution is 2.16. The second-order valence-corrected chi connectivity index (χ2v) is 4.34. The van der Waals surface area contributed by atoms with Crippen molar-refractivity contribution in [1.29, 1.82) is 0 Å². The van der Waals surface area contributed by atoms with Crippen LogP contribution < -0.4 is 5.32 Å². The summed E-state index contributed by atoms with van der Waals surface area (Å²) in [5.74, 6) is -0.142. The van der Waals surface area contributed by atoms with E-state index in [1.54, 1.807) is 12.4 Å². The van der Waals surface area contributed by atoms with Crippen LogP contribution in [-0.2, 0) is 6.54 Å². The SMILES string of the molecule is O=C(NCc1ccc(-c2ccn[nH]2)cc1)c1cn[nH]c1. The second kappa shape index (κ2) is 5.40. The van der Waals surface area contributed by atoms with Crippen LogP contribution in [0.4, 0.5) is 0 Å². The normalized spacial score (nSPS) is 10.4. The van der Waals surface area contributed by atoms with Crippen molar-refractivity contribution in [2.45, 2.75) is 6.54 Å². The summed E-state index contributed by atoms with van der Waals surface area (Å²) >= 11 is 0. The Kier molecular flexibility index (Phi) is 3.28. The van der Waals surface area contributed by atoms with E-state index in [9.17, 15) is 4.79 Å². The first kappa shape index (κ1) is 12.2. The van der Waals surface area contributed by atoms with Gasteiger partial charge in [-0.05, 0) is 17.2 Å². The predicted octanol–water partition coefficient (Wildman–Crippen LogP) is 1.73. The van der Waals surface area contributed by atoms with Gasteiger partial charge < -0.3 is 5.32 Å². The van der Waals surface area contributed by atoms with E-state index in [1.165, 1.54) is 6.20 Å². The van der Waals surface area contributed by atoms with Gasteiger partial charge in [0.25, 0.3) is 5.91 Å². The Balaban J connectivity index is 1.63. The number of hydrogen-bond donors (Lipinski definition) is 3. The zero-order chi connectivity index (χ0) is 13.8. The summed E-state index contributed by atoms with van der Waals surface area (Å²) in [5.41, 5.74) is 3.59. The monoisotopic (exact) mass is 267 g/mol. The maximum absolute atomic E-state index is 11.7. The molecule has 6 heteroatoms. The Morgan fingerprint density at radius 2 is 2.00 bits per heavy atom. The first-order valence-electron chi connectivity index (χ1n) is 6.18. The highest BCUT2D eigenvalue weighted by atomic mass is 16.1. The molecule has 3 rings (SSSR count). The Hall–Kier alpha value is -2.89. The number of carbonyl (C=O) groups is 1. The molecule has 2 heterocycles. The van der Waals surface area contributed by atoms with Crippen LogP contribution >= 0.6 is 0 Å². The molecule has 3 aromatic rings. The van der Waals surface area contributed by atoms with Crippen molar-refractivity contribution in [3.8, 4) is 11.3 Å². The molecular formula is C14H13N5O. The van der Waals surface area contributed by atoms with E-state index in [-0.39, 0.29) is 5.91 Å². The Labute approximate surface area is 115 Å². The van der Waals surface area contributed by atoms with E-state index in [0.717, 1.165) is 16.8 Å². The Morgan fingerprint density at radius 3 is 2.65 bits per heavy atom. The van der Waals surface area contributed by atoms with E-state index in [2.05, 4.69) is 25.7 Å². The van der Waals surface area contributed by atoms with Crippen molar-refractivity contribution in [2.75, 3.05) is 0 Å². The molecule has 0 saturated carbocycles. The molecular weight excluding hydrogens is 254 g/mol. The first-order valence-corrected chi connectivity index (χ1v) is 6.18. The van der Waals surface area contributed by atoms with E-state index < -0.39 is 0 Å². The number of aromatic nitrogens is 4. The Bertz CT molecular complexity index is 671. The molecule has 0 unspecified atom stereocenters. The lowest BCUT2D eigenvalue weighted by molar-refractivity contribution is 0.0951. The molecule has 100 valence electrons. The lowest BCUT2D eigenvalue weighted by atomic mass is 10.1. The molecule has 3 N–H and O–H groups in total. The minimum Gasteiger partial charge on any atom is -0.348 e. The van der Waals surface area contributed by atoms with Gasteiger partial charge in [-0.3, -0.25) is 15.0 Å².